The molecule has 0 spiro atoms. The third-order valence-electron chi connectivity index (χ3n) is 3.36. The van der Waals surface area contributed by atoms with E-state index in [1.54, 1.807) is 18.3 Å². The first-order valence-corrected chi connectivity index (χ1v) is 6.95. The Morgan fingerprint density at radius 3 is 2.82 bits per heavy atom. The summed E-state index contributed by atoms with van der Waals surface area (Å²) in [6.07, 6.45) is 1.58. The molecule has 0 fully saturated rings. The van der Waals surface area contributed by atoms with Crippen LogP contribution in [0.5, 0.6) is 0 Å². The molecule has 108 valence electrons. The maximum Gasteiger partial charge on any atom is 0.220 e. The minimum absolute atomic E-state index is 0.186. The van der Waals surface area contributed by atoms with Crippen molar-refractivity contribution in [3.63, 3.8) is 0 Å². The summed E-state index contributed by atoms with van der Waals surface area (Å²) in [4.78, 5) is 11.3. The molecule has 2 heterocycles. The molecule has 2 aromatic heterocycles. The van der Waals surface area contributed by atoms with Crippen molar-refractivity contribution in [1.82, 2.24) is 15.0 Å². The van der Waals surface area contributed by atoms with E-state index in [0.717, 1.165) is 16.8 Å². The minimum Gasteiger partial charge on any atom is -0.368 e. The van der Waals surface area contributed by atoms with Crippen LogP contribution in [0, 0.1) is 18.3 Å². The number of aromatic amines is 1. The zero-order chi connectivity index (χ0) is 15.7. The van der Waals surface area contributed by atoms with Crippen molar-refractivity contribution >= 4 is 17.5 Å². The molecule has 3 rings (SSSR count). The molecular weight excluding hydrogens is 298 g/mol. The number of nitriles is 1. The summed E-state index contributed by atoms with van der Waals surface area (Å²) in [5.74, 6) is 0.186. The Bertz CT molecular complexity index is 892. The topological polar surface area (TPSA) is 91.4 Å². The lowest BCUT2D eigenvalue weighted by atomic mass is 10.0. The molecule has 6 heteroatoms. The number of H-pyrrole nitrogens is 1. The number of nitrogen functional groups attached to an aromatic ring is 1. The summed E-state index contributed by atoms with van der Waals surface area (Å²) < 4.78 is 0. The molecule has 0 unspecified atom stereocenters. The zero-order valence-corrected chi connectivity index (χ0v) is 12.5. The van der Waals surface area contributed by atoms with E-state index >= 15 is 0 Å². The third kappa shape index (κ3) is 2.52. The summed E-state index contributed by atoms with van der Waals surface area (Å²) in [5.41, 5.74) is 10.1. The lowest BCUT2D eigenvalue weighted by molar-refractivity contribution is 1.18. The van der Waals surface area contributed by atoms with Crippen molar-refractivity contribution in [1.29, 1.82) is 5.26 Å². The summed E-state index contributed by atoms with van der Waals surface area (Å²) in [6.45, 7) is 1.97. The van der Waals surface area contributed by atoms with Gasteiger partial charge >= 0.3 is 0 Å². The maximum atomic E-state index is 9.39. The number of rotatable bonds is 2. The summed E-state index contributed by atoms with van der Waals surface area (Å²) in [5, 5.41) is 10.0. The Labute approximate surface area is 132 Å². The number of nitrogens with one attached hydrogen (secondary N) is 1. The second-order valence-electron chi connectivity index (χ2n) is 4.84. The van der Waals surface area contributed by atoms with E-state index in [4.69, 9.17) is 17.3 Å². The van der Waals surface area contributed by atoms with Crippen LogP contribution >= 0.6 is 11.6 Å². The van der Waals surface area contributed by atoms with Crippen molar-refractivity contribution < 1.29 is 0 Å². The number of anilines is 1. The van der Waals surface area contributed by atoms with Crippen LogP contribution in [0.25, 0.3) is 22.6 Å². The van der Waals surface area contributed by atoms with Crippen LogP contribution in [0.3, 0.4) is 0 Å². The third-order valence-corrected chi connectivity index (χ3v) is 3.59. The first-order chi connectivity index (χ1) is 10.6. The number of hydrogen-bond acceptors (Lipinski definition) is 4. The maximum absolute atomic E-state index is 9.39. The highest BCUT2D eigenvalue weighted by atomic mass is 35.5. The minimum atomic E-state index is 0.186. The van der Waals surface area contributed by atoms with Crippen LogP contribution < -0.4 is 5.73 Å². The molecule has 0 radical (unpaired) electrons. The average molecular weight is 310 g/mol. The highest BCUT2D eigenvalue weighted by Crippen LogP contribution is 2.31. The molecule has 3 aromatic rings. The van der Waals surface area contributed by atoms with Gasteiger partial charge in [0.2, 0.25) is 5.95 Å². The average Bonchev–Trinajstić information content (AvgIpc) is 2.94. The Kier molecular flexibility index (Phi) is 3.53. The van der Waals surface area contributed by atoms with E-state index in [-0.39, 0.29) is 5.95 Å². The Morgan fingerprint density at radius 2 is 2.09 bits per heavy atom. The van der Waals surface area contributed by atoms with Gasteiger partial charge in [-0.05, 0) is 36.8 Å². The van der Waals surface area contributed by atoms with Crippen LogP contribution in [0.15, 0.2) is 36.5 Å². The second-order valence-corrected chi connectivity index (χ2v) is 5.28. The van der Waals surface area contributed by atoms with Crippen LogP contribution in [0.4, 0.5) is 5.95 Å². The van der Waals surface area contributed by atoms with Gasteiger partial charge in [0.05, 0.1) is 22.6 Å². The van der Waals surface area contributed by atoms with Gasteiger partial charge in [0.15, 0.2) is 0 Å². The van der Waals surface area contributed by atoms with Crippen molar-refractivity contribution in [3.05, 3.63) is 52.7 Å². The largest absolute Gasteiger partial charge is 0.368 e. The van der Waals surface area contributed by atoms with E-state index in [1.165, 1.54) is 0 Å². The quantitative estimate of drug-likeness (QED) is 0.757. The highest BCUT2D eigenvalue weighted by Gasteiger charge is 2.14. The number of aryl methyl sites for hydroxylation is 1. The van der Waals surface area contributed by atoms with Gasteiger partial charge in [-0.15, -0.1) is 0 Å². The zero-order valence-electron chi connectivity index (χ0n) is 11.8. The van der Waals surface area contributed by atoms with Gasteiger partial charge in [0.25, 0.3) is 0 Å². The lowest BCUT2D eigenvalue weighted by Crippen LogP contribution is -1.95. The molecule has 5 nitrogen and oxygen atoms in total. The molecule has 0 aliphatic heterocycles. The number of nitrogens with two attached hydrogens (primary N) is 1. The van der Waals surface area contributed by atoms with Crippen LogP contribution in [0.1, 0.15) is 11.1 Å². The molecule has 0 atom stereocenters. The van der Waals surface area contributed by atoms with E-state index in [1.807, 2.05) is 25.1 Å². The second kappa shape index (κ2) is 5.51. The van der Waals surface area contributed by atoms with Gasteiger partial charge in [0.1, 0.15) is 6.07 Å². The number of aromatic nitrogens is 3. The molecule has 0 aliphatic rings. The lowest BCUT2D eigenvalue weighted by Gasteiger charge is -2.05. The van der Waals surface area contributed by atoms with Gasteiger partial charge in [0, 0.05) is 16.8 Å². The molecule has 22 heavy (non-hydrogen) atoms. The van der Waals surface area contributed by atoms with Crippen molar-refractivity contribution in [2.24, 2.45) is 0 Å². The fourth-order valence-electron chi connectivity index (χ4n) is 2.28. The molecule has 0 amide bonds. The Balaban J connectivity index is 2.18. The van der Waals surface area contributed by atoms with Crippen LogP contribution in [-0.2, 0) is 0 Å². The van der Waals surface area contributed by atoms with Gasteiger partial charge in [-0.3, -0.25) is 0 Å². The summed E-state index contributed by atoms with van der Waals surface area (Å²) in [6, 6.07) is 11.3. The van der Waals surface area contributed by atoms with Gasteiger partial charge in [-0.1, -0.05) is 17.7 Å². The van der Waals surface area contributed by atoms with Gasteiger partial charge in [-0.25, -0.2) is 9.97 Å². The molecule has 0 aliphatic carbocycles. The molecule has 0 saturated heterocycles. The molecule has 3 N–H and O–H groups in total. The van der Waals surface area contributed by atoms with Crippen molar-refractivity contribution in [2.75, 3.05) is 5.73 Å². The first-order valence-electron chi connectivity index (χ1n) is 6.57. The molecule has 0 saturated carbocycles. The Morgan fingerprint density at radius 1 is 1.27 bits per heavy atom. The van der Waals surface area contributed by atoms with E-state index in [0.29, 0.717) is 22.0 Å². The monoisotopic (exact) mass is 309 g/mol. The fourth-order valence-corrected chi connectivity index (χ4v) is 2.45. The van der Waals surface area contributed by atoms with Crippen LogP contribution in [0.2, 0.25) is 5.02 Å². The summed E-state index contributed by atoms with van der Waals surface area (Å²) in [7, 11) is 0. The highest BCUT2D eigenvalue weighted by molar-refractivity contribution is 6.30. The number of hydrogen-bond donors (Lipinski definition) is 2. The predicted molar refractivity (Wildman–Crippen MR) is 86.1 cm³/mol. The molecule has 0 bridgehead atoms. The number of halogens is 1. The Hall–Kier alpha value is -2.84. The smallest absolute Gasteiger partial charge is 0.220 e. The van der Waals surface area contributed by atoms with Gasteiger partial charge in [-0.2, -0.15) is 5.26 Å². The predicted octanol–water partition coefficient (Wildman–Crippen LogP) is 3.55. The normalized spacial score (nSPS) is 10.4. The van der Waals surface area contributed by atoms with E-state index in [2.05, 4.69) is 21.0 Å². The van der Waals surface area contributed by atoms with Crippen molar-refractivity contribution in [2.45, 2.75) is 6.92 Å². The SMILES string of the molecule is Cc1ccc(Cl)cc1-c1[nH]c(-c2ccnc(N)n2)cc1C#N. The van der Waals surface area contributed by atoms with E-state index < -0.39 is 0 Å². The van der Waals surface area contributed by atoms with E-state index in [9.17, 15) is 5.26 Å². The standard InChI is InChI=1S/C16H12ClN5/c1-9-2-3-11(17)7-12(9)15-10(8-18)6-14(21-15)13-4-5-20-16(19)22-13/h2-7,21H,1H3,(H2,19,20,22). The number of benzene rings is 1. The molecular formula is C16H12ClN5. The van der Waals surface area contributed by atoms with Crippen molar-refractivity contribution in [3.8, 4) is 28.7 Å². The summed E-state index contributed by atoms with van der Waals surface area (Å²) >= 11 is 6.07. The first kappa shape index (κ1) is 14.1. The van der Waals surface area contributed by atoms with Crippen LogP contribution in [-0.4, -0.2) is 15.0 Å². The number of nitrogens with zero attached hydrogens (tertiary/aromatic N) is 3. The van der Waals surface area contributed by atoms with Gasteiger partial charge < -0.3 is 10.7 Å². The molecule has 1 aromatic carbocycles. The fraction of sp³-hybridized carbons (Fsp3) is 0.0625.